The summed E-state index contributed by atoms with van der Waals surface area (Å²) < 4.78 is 6.16. The van der Waals surface area contributed by atoms with Crippen molar-refractivity contribution in [2.75, 3.05) is 7.11 Å². The molecule has 1 aromatic heterocycles. The first-order chi connectivity index (χ1) is 11.6. The molecule has 0 fully saturated rings. The van der Waals surface area contributed by atoms with Gasteiger partial charge < -0.3 is 4.74 Å². The van der Waals surface area contributed by atoms with Crippen LogP contribution in [0.1, 0.15) is 22.2 Å². The van der Waals surface area contributed by atoms with E-state index in [9.17, 15) is 4.79 Å². The van der Waals surface area contributed by atoms with Crippen LogP contribution in [0.25, 0.3) is 10.1 Å². The molecule has 2 aromatic carbocycles. The summed E-state index contributed by atoms with van der Waals surface area (Å²) in [7, 11) is 1.61. The van der Waals surface area contributed by atoms with Gasteiger partial charge in [0.25, 0.3) is 5.91 Å². The number of halogens is 1. The molecule has 0 unspecified atom stereocenters. The molecule has 122 valence electrons. The van der Waals surface area contributed by atoms with E-state index < -0.39 is 0 Å². The van der Waals surface area contributed by atoms with E-state index in [2.05, 4.69) is 10.5 Å². The van der Waals surface area contributed by atoms with Crippen LogP contribution in [0.5, 0.6) is 5.75 Å². The van der Waals surface area contributed by atoms with Gasteiger partial charge >= 0.3 is 0 Å². The van der Waals surface area contributed by atoms with Crippen LogP contribution in [-0.4, -0.2) is 18.7 Å². The van der Waals surface area contributed by atoms with Crippen LogP contribution >= 0.6 is 22.9 Å². The molecule has 1 heterocycles. The van der Waals surface area contributed by atoms with E-state index in [1.807, 2.05) is 55.5 Å². The predicted molar refractivity (Wildman–Crippen MR) is 99.5 cm³/mol. The van der Waals surface area contributed by atoms with Gasteiger partial charge in [-0.25, -0.2) is 5.43 Å². The van der Waals surface area contributed by atoms with Crippen molar-refractivity contribution in [1.82, 2.24) is 5.43 Å². The number of hydrogen-bond acceptors (Lipinski definition) is 4. The molecule has 0 spiro atoms. The normalized spacial score (nSPS) is 11.5. The Bertz CT molecular complexity index is 934. The van der Waals surface area contributed by atoms with Crippen molar-refractivity contribution in [2.24, 2.45) is 5.10 Å². The summed E-state index contributed by atoms with van der Waals surface area (Å²) in [5.74, 6) is 0.421. The summed E-state index contributed by atoms with van der Waals surface area (Å²) in [6, 6.07) is 15.1. The third-order valence-corrected chi connectivity index (χ3v) is 5.23. The van der Waals surface area contributed by atoms with Gasteiger partial charge in [-0.05, 0) is 25.1 Å². The van der Waals surface area contributed by atoms with Gasteiger partial charge in [0.05, 0.1) is 17.8 Å². The van der Waals surface area contributed by atoms with Gasteiger partial charge in [-0.1, -0.05) is 41.9 Å². The summed E-state index contributed by atoms with van der Waals surface area (Å²) in [6.07, 6.45) is 0. The summed E-state index contributed by atoms with van der Waals surface area (Å²) in [5, 5.41) is 5.51. The Morgan fingerprint density at radius 1 is 1.21 bits per heavy atom. The zero-order valence-electron chi connectivity index (χ0n) is 13.2. The number of amides is 1. The molecule has 0 saturated heterocycles. The topological polar surface area (TPSA) is 50.7 Å². The predicted octanol–water partition coefficient (Wildman–Crippen LogP) is 4.72. The SMILES string of the molecule is COc1cccc(/C(C)=N\NC(=O)c2sc3ccccc3c2Cl)c1. The highest BCUT2D eigenvalue weighted by Gasteiger charge is 2.16. The first-order valence-electron chi connectivity index (χ1n) is 7.26. The molecule has 0 aliphatic carbocycles. The van der Waals surface area contributed by atoms with E-state index in [-0.39, 0.29) is 5.91 Å². The molecule has 0 atom stereocenters. The zero-order chi connectivity index (χ0) is 17.1. The molecule has 1 N–H and O–H groups in total. The number of rotatable bonds is 4. The van der Waals surface area contributed by atoms with Crippen molar-refractivity contribution in [2.45, 2.75) is 6.92 Å². The largest absolute Gasteiger partial charge is 0.497 e. The Morgan fingerprint density at radius 2 is 2.00 bits per heavy atom. The van der Waals surface area contributed by atoms with Crippen molar-refractivity contribution in [3.8, 4) is 5.75 Å². The van der Waals surface area contributed by atoms with Crippen LogP contribution in [0.4, 0.5) is 0 Å². The van der Waals surface area contributed by atoms with E-state index in [4.69, 9.17) is 16.3 Å². The second-order valence-corrected chi connectivity index (χ2v) is 6.54. The summed E-state index contributed by atoms with van der Waals surface area (Å²) in [6.45, 7) is 1.82. The average Bonchev–Trinajstić information content (AvgIpc) is 2.96. The number of carbonyl (C=O) groups excluding carboxylic acids is 1. The maximum absolute atomic E-state index is 12.4. The Morgan fingerprint density at radius 3 is 2.75 bits per heavy atom. The van der Waals surface area contributed by atoms with Crippen molar-refractivity contribution < 1.29 is 9.53 Å². The number of fused-ring (bicyclic) bond motifs is 1. The molecule has 0 aliphatic heterocycles. The second-order valence-electron chi connectivity index (χ2n) is 5.11. The first kappa shape index (κ1) is 16.5. The van der Waals surface area contributed by atoms with Crippen molar-refractivity contribution in [3.63, 3.8) is 0 Å². The van der Waals surface area contributed by atoms with Crippen molar-refractivity contribution >= 4 is 44.6 Å². The third-order valence-electron chi connectivity index (χ3n) is 3.55. The number of methoxy groups -OCH3 is 1. The molecule has 24 heavy (non-hydrogen) atoms. The minimum absolute atomic E-state index is 0.316. The second kappa shape index (κ2) is 7.03. The lowest BCUT2D eigenvalue weighted by Crippen LogP contribution is -2.18. The minimum Gasteiger partial charge on any atom is -0.497 e. The number of hydrazone groups is 1. The quantitative estimate of drug-likeness (QED) is 0.542. The molecule has 6 heteroatoms. The van der Waals surface area contributed by atoms with Gasteiger partial charge in [-0.2, -0.15) is 5.10 Å². The standard InChI is InChI=1S/C18H15ClN2O2S/c1-11(12-6-5-7-13(10-12)23-2)20-21-18(22)17-16(19)14-8-3-4-9-15(14)24-17/h3-10H,1-2H3,(H,21,22)/b20-11-. The van der Waals surface area contributed by atoms with Crippen molar-refractivity contribution in [1.29, 1.82) is 0 Å². The van der Waals surface area contributed by atoms with Crippen LogP contribution in [0.15, 0.2) is 53.6 Å². The van der Waals surface area contributed by atoms with E-state index in [1.165, 1.54) is 11.3 Å². The third kappa shape index (κ3) is 3.27. The number of thiophene rings is 1. The number of benzene rings is 2. The maximum Gasteiger partial charge on any atom is 0.283 e. The molecule has 0 aliphatic rings. The number of ether oxygens (including phenoxy) is 1. The Hall–Kier alpha value is -2.37. The Kier molecular flexibility index (Phi) is 4.83. The summed E-state index contributed by atoms with van der Waals surface area (Å²) >= 11 is 7.66. The smallest absolute Gasteiger partial charge is 0.283 e. The highest BCUT2D eigenvalue weighted by molar-refractivity contribution is 7.21. The zero-order valence-corrected chi connectivity index (χ0v) is 14.7. The van der Waals surface area contributed by atoms with Gasteiger partial charge in [0.2, 0.25) is 0 Å². The van der Waals surface area contributed by atoms with Gasteiger partial charge in [-0.3, -0.25) is 4.79 Å². The number of hydrogen-bond donors (Lipinski definition) is 1. The average molecular weight is 359 g/mol. The van der Waals surface area contributed by atoms with Gasteiger partial charge in [0.1, 0.15) is 10.6 Å². The fraction of sp³-hybridized carbons (Fsp3) is 0.111. The van der Waals surface area contributed by atoms with Crippen LogP contribution in [0.3, 0.4) is 0 Å². The van der Waals surface area contributed by atoms with E-state index in [0.717, 1.165) is 21.4 Å². The van der Waals surface area contributed by atoms with E-state index in [0.29, 0.717) is 15.6 Å². The monoisotopic (exact) mass is 358 g/mol. The lowest BCUT2D eigenvalue weighted by Gasteiger charge is -2.04. The van der Waals surface area contributed by atoms with Crippen LogP contribution in [0, 0.1) is 0 Å². The molecule has 0 bridgehead atoms. The van der Waals surface area contributed by atoms with Crippen LogP contribution in [0.2, 0.25) is 5.02 Å². The van der Waals surface area contributed by atoms with Gasteiger partial charge in [0.15, 0.2) is 0 Å². The van der Waals surface area contributed by atoms with Gasteiger partial charge in [0, 0.05) is 15.6 Å². The summed E-state index contributed by atoms with van der Waals surface area (Å²) in [4.78, 5) is 12.8. The van der Waals surface area contributed by atoms with Crippen LogP contribution < -0.4 is 10.2 Å². The fourth-order valence-corrected chi connectivity index (χ4v) is 3.66. The molecule has 0 radical (unpaired) electrons. The highest BCUT2D eigenvalue weighted by atomic mass is 35.5. The molecule has 0 saturated carbocycles. The van der Waals surface area contributed by atoms with Crippen molar-refractivity contribution in [3.05, 3.63) is 64.0 Å². The molecule has 4 nitrogen and oxygen atoms in total. The van der Waals surface area contributed by atoms with Gasteiger partial charge in [-0.15, -0.1) is 11.3 Å². The minimum atomic E-state index is -0.316. The van der Waals surface area contributed by atoms with Crippen LogP contribution in [-0.2, 0) is 0 Å². The van der Waals surface area contributed by atoms with E-state index >= 15 is 0 Å². The van der Waals surface area contributed by atoms with E-state index in [1.54, 1.807) is 7.11 Å². The fourth-order valence-electron chi connectivity index (χ4n) is 2.26. The lowest BCUT2D eigenvalue weighted by molar-refractivity contribution is 0.0959. The maximum atomic E-state index is 12.4. The summed E-state index contributed by atoms with van der Waals surface area (Å²) in [5.41, 5.74) is 4.12. The Labute approximate surface area is 148 Å². The first-order valence-corrected chi connectivity index (χ1v) is 8.45. The Balaban J connectivity index is 1.82. The molecule has 3 rings (SSSR count). The highest BCUT2D eigenvalue weighted by Crippen LogP contribution is 2.34. The molecule has 1 amide bonds. The lowest BCUT2D eigenvalue weighted by atomic mass is 10.1. The molecule has 3 aromatic rings. The molecular weight excluding hydrogens is 344 g/mol. The number of nitrogens with zero attached hydrogens (tertiary/aromatic N) is 1. The number of nitrogens with one attached hydrogen (secondary N) is 1. The number of carbonyl (C=O) groups is 1. The molecular formula is C18H15ClN2O2S.